The van der Waals surface area contributed by atoms with E-state index in [4.69, 9.17) is 11.1 Å². The molecule has 6 heteroatoms. The van der Waals surface area contributed by atoms with Crippen molar-refractivity contribution in [1.29, 1.82) is 5.26 Å². The summed E-state index contributed by atoms with van der Waals surface area (Å²) < 4.78 is 26.2. The summed E-state index contributed by atoms with van der Waals surface area (Å²) in [6.45, 7) is 0. The van der Waals surface area contributed by atoms with Crippen molar-refractivity contribution in [3.05, 3.63) is 47.5 Å². The number of rotatable bonds is 2. The van der Waals surface area contributed by atoms with Gasteiger partial charge in [0.15, 0.2) is 5.82 Å². The fourth-order valence-corrected chi connectivity index (χ4v) is 1.52. The molecule has 0 amide bonds. The molecule has 4 nitrogen and oxygen atoms in total. The number of nitrogens with two attached hydrogens (primary N) is 1. The number of hydrogen-bond acceptors (Lipinski definition) is 4. The lowest BCUT2D eigenvalue weighted by molar-refractivity contribution is 0.584. The molecule has 2 rings (SSSR count). The Morgan fingerprint density at radius 2 is 1.83 bits per heavy atom. The van der Waals surface area contributed by atoms with Crippen LogP contribution in [0.2, 0.25) is 0 Å². The van der Waals surface area contributed by atoms with Crippen LogP contribution in [0.3, 0.4) is 0 Å². The van der Waals surface area contributed by atoms with Crippen molar-refractivity contribution in [3.8, 4) is 17.3 Å². The minimum absolute atomic E-state index is 0.152. The first-order valence-electron chi connectivity index (χ1n) is 4.98. The summed E-state index contributed by atoms with van der Waals surface area (Å²) in [5.41, 5.74) is 3.10. The molecular formula is C12H8F2N4. The third kappa shape index (κ3) is 2.26. The van der Waals surface area contributed by atoms with E-state index in [1.54, 1.807) is 0 Å². The molecular weight excluding hydrogens is 238 g/mol. The molecule has 2 aromatic rings. The minimum Gasteiger partial charge on any atom is -0.307 e. The van der Waals surface area contributed by atoms with Gasteiger partial charge in [-0.3, -0.25) is 0 Å². The number of pyridine rings is 1. The van der Waals surface area contributed by atoms with Crippen LogP contribution >= 0.6 is 0 Å². The number of nitrogens with zero attached hydrogens (tertiary/aromatic N) is 2. The molecule has 0 bridgehead atoms. The van der Waals surface area contributed by atoms with Crippen molar-refractivity contribution in [1.82, 2.24) is 4.98 Å². The van der Waals surface area contributed by atoms with Gasteiger partial charge in [-0.1, -0.05) is 0 Å². The number of aromatic nitrogens is 1. The number of benzene rings is 1. The fourth-order valence-electron chi connectivity index (χ4n) is 1.52. The Hall–Kier alpha value is -2.52. The van der Waals surface area contributed by atoms with Crippen LogP contribution in [0.25, 0.3) is 11.3 Å². The van der Waals surface area contributed by atoms with Crippen molar-refractivity contribution in [2.45, 2.75) is 0 Å². The zero-order valence-corrected chi connectivity index (χ0v) is 9.11. The Balaban J connectivity index is 2.54. The molecule has 1 aromatic carbocycles. The molecule has 0 unspecified atom stereocenters. The molecule has 18 heavy (non-hydrogen) atoms. The topological polar surface area (TPSA) is 74.7 Å². The zero-order valence-electron chi connectivity index (χ0n) is 9.11. The van der Waals surface area contributed by atoms with E-state index in [0.717, 1.165) is 18.2 Å². The smallest absolute Gasteiger partial charge is 0.158 e. The fraction of sp³-hybridized carbons (Fsp3) is 0. The summed E-state index contributed by atoms with van der Waals surface area (Å²) in [7, 11) is 0. The first-order chi connectivity index (χ1) is 8.63. The average Bonchev–Trinajstić information content (AvgIpc) is 2.36. The van der Waals surface area contributed by atoms with Gasteiger partial charge in [-0.05, 0) is 24.3 Å². The molecule has 0 fully saturated rings. The van der Waals surface area contributed by atoms with Crippen LogP contribution in [-0.2, 0) is 0 Å². The lowest BCUT2D eigenvalue weighted by atomic mass is 10.1. The first kappa shape index (κ1) is 12.0. The molecule has 0 aliphatic rings. The van der Waals surface area contributed by atoms with Gasteiger partial charge in [0.1, 0.15) is 17.7 Å². The summed E-state index contributed by atoms with van der Waals surface area (Å²) in [5.74, 6) is 3.98. The zero-order chi connectivity index (χ0) is 13.1. The van der Waals surface area contributed by atoms with E-state index in [1.807, 2.05) is 6.07 Å². The maximum absolute atomic E-state index is 13.1. The summed E-state index contributed by atoms with van der Waals surface area (Å²) in [6.07, 6.45) is 0. The molecule has 0 aliphatic carbocycles. The summed E-state index contributed by atoms with van der Waals surface area (Å²) >= 11 is 0. The molecule has 1 heterocycles. The van der Waals surface area contributed by atoms with Gasteiger partial charge in [0.05, 0.1) is 11.3 Å². The number of nitrogens with one attached hydrogen (secondary N) is 1. The SMILES string of the molecule is N#Cc1ccc(-c2cc(F)cc(F)c2)nc1NN. The van der Waals surface area contributed by atoms with Crippen LogP contribution in [0.5, 0.6) is 0 Å². The highest BCUT2D eigenvalue weighted by Crippen LogP contribution is 2.22. The second kappa shape index (κ2) is 4.77. The predicted octanol–water partition coefficient (Wildman–Crippen LogP) is 2.18. The summed E-state index contributed by atoms with van der Waals surface area (Å²) in [5, 5.41) is 8.79. The van der Waals surface area contributed by atoms with E-state index < -0.39 is 11.6 Å². The Labute approximate surface area is 102 Å². The first-order valence-corrected chi connectivity index (χ1v) is 4.98. The number of nitrogen functional groups attached to an aromatic ring is 1. The summed E-state index contributed by atoms with van der Waals surface area (Å²) in [6, 6.07) is 7.94. The van der Waals surface area contributed by atoms with Crippen LogP contribution in [-0.4, -0.2) is 4.98 Å². The molecule has 0 atom stereocenters. The van der Waals surface area contributed by atoms with E-state index in [9.17, 15) is 8.78 Å². The van der Waals surface area contributed by atoms with Crippen LogP contribution in [0, 0.1) is 23.0 Å². The number of hydrazine groups is 1. The normalized spacial score (nSPS) is 9.89. The van der Waals surface area contributed by atoms with Gasteiger partial charge >= 0.3 is 0 Å². The highest BCUT2D eigenvalue weighted by Gasteiger charge is 2.08. The number of nitriles is 1. The largest absolute Gasteiger partial charge is 0.307 e. The molecule has 0 spiro atoms. The van der Waals surface area contributed by atoms with E-state index in [0.29, 0.717) is 5.69 Å². The van der Waals surface area contributed by atoms with Crippen molar-refractivity contribution in [3.63, 3.8) is 0 Å². The van der Waals surface area contributed by atoms with Crippen molar-refractivity contribution in [2.75, 3.05) is 5.43 Å². The van der Waals surface area contributed by atoms with Crippen LogP contribution in [0.15, 0.2) is 30.3 Å². The van der Waals surface area contributed by atoms with Gasteiger partial charge in [0.2, 0.25) is 0 Å². The second-order valence-electron chi connectivity index (χ2n) is 3.51. The minimum atomic E-state index is -0.696. The van der Waals surface area contributed by atoms with Gasteiger partial charge in [0, 0.05) is 11.6 Å². The van der Waals surface area contributed by atoms with Gasteiger partial charge in [-0.25, -0.2) is 19.6 Å². The van der Waals surface area contributed by atoms with Crippen molar-refractivity contribution >= 4 is 5.82 Å². The third-order valence-electron chi connectivity index (χ3n) is 2.31. The quantitative estimate of drug-likeness (QED) is 0.629. The summed E-state index contributed by atoms with van der Waals surface area (Å²) in [4.78, 5) is 4.02. The molecule has 0 aliphatic heterocycles. The average molecular weight is 246 g/mol. The number of anilines is 1. The molecule has 90 valence electrons. The standard InChI is InChI=1S/C12H8F2N4/c13-9-3-8(4-10(14)5-9)11-2-1-7(6-15)12(17-11)18-16/h1-5H,16H2,(H,17,18). The Kier molecular flexibility index (Phi) is 3.17. The molecule has 0 saturated heterocycles. The van der Waals surface area contributed by atoms with Crippen LogP contribution in [0.4, 0.5) is 14.6 Å². The molecule has 3 N–H and O–H groups in total. The predicted molar refractivity (Wildman–Crippen MR) is 62.1 cm³/mol. The van der Waals surface area contributed by atoms with Gasteiger partial charge in [-0.2, -0.15) is 5.26 Å². The Morgan fingerprint density at radius 1 is 1.17 bits per heavy atom. The Bertz CT molecular complexity index is 614. The number of hydrogen-bond donors (Lipinski definition) is 2. The monoisotopic (exact) mass is 246 g/mol. The maximum Gasteiger partial charge on any atom is 0.158 e. The molecule has 0 saturated carbocycles. The van der Waals surface area contributed by atoms with E-state index in [1.165, 1.54) is 12.1 Å². The van der Waals surface area contributed by atoms with Crippen LogP contribution < -0.4 is 11.3 Å². The maximum atomic E-state index is 13.1. The van der Waals surface area contributed by atoms with Crippen molar-refractivity contribution in [2.24, 2.45) is 5.84 Å². The van der Waals surface area contributed by atoms with Crippen molar-refractivity contribution < 1.29 is 8.78 Å². The number of halogens is 2. The highest BCUT2D eigenvalue weighted by atomic mass is 19.1. The van der Waals surface area contributed by atoms with E-state index in [2.05, 4.69) is 10.4 Å². The van der Waals surface area contributed by atoms with Gasteiger partial charge in [-0.15, -0.1) is 0 Å². The third-order valence-corrected chi connectivity index (χ3v) is 2.31. The lowest BCUT2D eigenvalue weighted by Gasteiger charge is -2.06. The lowest BCUT2D eigenvalue weighted by Crippen LogP contribution is -2.10. The van der Waals surface area contributed by atoms with E-state index >= 15 is 0 Å². The Morgan fingerprint density at radius 3 is 2.39 bits per heavy atom. The molecule has 0 radical (unpaired) electrons. The second-order valence-corrected chi connectivity index (χ2v) is 3.51. The van der Waals surface area contributed by atoms with E-state index in [-0.39, 0.29) is 16.9 Å². The highest BCUT2D eigenvalue weighted by molar-refractivity contribution is 5.64. The van der Waals surface area contributed by atoms with Crippen LogP contribution in [0.1, 0.15) is 5.56 Å². The van der Waals surface area contributed by atoms with Gasteiger partial charge in [0.25, 0.3) is 0 Å². The van der Waals surface area contributed by atoms with Gasteiger partial charge < -0.3 is 5.43 Å². The molecule has 1 aromatic heterocycles.